The van der Waals surface area contributed by atoms with Crippen LogP contribution in [-0.2, 0) is 4.79 Å². The van der Waals surface area contributed by atoms with Crippen molar-refractivity contribution in [2.45, 2.75) is 38.3 Å². The number of likely N-dealkylation sites (tertiary alicyclic amines) is 1. The van der Waals surface area contributed by atoms with Crippen LogP contribution in [0.1, 0.15) is 43.8 Å². The van der Waals surface area contributed by atoms with Gasteiger partial charge in [-0.2, -0.15) is 0 Å². The molecule has 38 heavy (non-hydrogen) atoms. The Labute approximate surface area is 224 Å². The molecular weight excluding hydrogens is 521 g/mol. The van der Waals surface area contributed by atoms with Crippen LogP contribution in [0.25, 0.3) is 10.9 Å². The maximum absolute atomic E-state index is 15.7. The molecule has 0 saturated carbocycles. The number of pyridine rings is 1. The highest BCUT2D eigenvalue weighted by molar-refractivity contribution is 6.32. The third kappa shape index (κ3) is 6.88. The van der Waals surface area contributed by atoms with Crippen LogP contribution in [0.15, 0.2) is 42.6 Å². The van der Waals surface area contributed by atoms with Crippen LogP contribution < -0.4 is 9.47 Å². The Morgan fingerprint density at radius 2 is 1.87 bits per heavy atom. The zero-order valence-electron chi connectivity index (χ0n) is 21.1. The Hall–Kier alpha value is -3.04. The van der Waals surface area contributed by atoms with Crippen LogP contribution in [-0.4, -0.2) is 54.3 Å². The zero-order valence-corrected chi connectivity index (χ0v) is 21.8. The lowest BCUT2D eigenvalue weighted by Crippen LogP contribution is -2.42. The topological polar surface area (TPSA) is 71.9 Å². The van der Waals surface area contributed by atoms with E-state index in [2.05, 4.69) is 9.88 Å². The van der Waals surface area contributed by atoms with Gasteiger partial charge in [-0.1, -0.05) is 11.6 Å². The summed E-state index contributed by atoms with van der Waals surface area (Å²) in [4.78, 5) is 18.1. The lowest BCUT2D eigenvalue weighted by molar-refractivity contribution is -0.141. The second-order valence-corrected chi connectivity index (χ2v) is 10.2. The molecule has 0 bridgehead atoms. The lowest BCUT2D eigenvalue weighted by atomic mass is 9.71. The minimum absolute atomic E-state index is 0.0503. The highest BCUT2D eigenvalue weighted by Crippen LogP contribution is 2.44. The van der Waals surface area contributed by atoms with Crippen molar-refractivity contribution < 1.29 is 32.5 Å². The number of hydrogen-bond acceptors (Lipinski definition) is 5. The smallest absolute Gasteiger partial charge is 0.303 e. The summed E-state index contributed by atoms with van der Waals surface area (Å²) in [5.74, 6) is -1.64. The van der Waals surface area contributed by atoms with Crippen molar-refractivity contribution in [1.82, 2.24) is 9.88 Å². The van der Waals surface area contributed by atoms with Crippen LogP contribution >= 0.6 is 11.6 Å². The second-order valence-electron chi connectivity index (χ2n) is 9.77. The first-order valence-electron chi connectivity index (χ1n) is 12.5. The number of aliphatic carboxylic acids is 1. The molecule has 10 heteroatoms. The Balaban J connectivity index is 1.38. The number of carboxylic acids is 1. The van der Waals surface area contributed by atoms with Gasteiger partial charge in [0.2, 0.25) is 0 Å². The van der Waals surface area contributed by atoms with Gasteiger partial charge in [0, 0.05) is 41.9 Å². The summed E-state index contributed by atoms with van der Waals surface area (Å²) >= 11 is 6.37. The first-order valence-corrected chi connectivity index (χ1v) is 12.8. The van der Waals surface area contributed by atoms with E-state index < -0.39 is 29.2 Å². The first kappa shape index (κ1) is 28.0. The molecular formula is C28H30ClF3N2O4. The van der Waals surface area contributed by atoms with Gasteiger partial charge < -0.3 is 14.6 Å². The van der Waals surface area contributed by atoms with Crippen molar-refractivity contribution >= 4 is 28.5 Å². The van der Waals surface area contributed by atoms with Crippen LogP contribution in [0.5, 0.6) is 11.5 Å². The Morgan fingerprint density at radius 3 is 2.53 bits per heavy atom. The third-order valence-electron chi connectivity index (χ3n) is 7.26. The van der Waals surface area contributed by atoms with E-state index in [-0.39, 0.29) is 30.2 Å². The minimum atomic E-state index is -1.40. The van der Waals surface area contributed by atoms with Gasteiger partial charge in [0.15, 0.2) is 0 Å². The number of carbonyl (C=O) groups is 1. The summed E-state index contributed by atoms with van der Waals surface area (Å²) in [6.07, 6.45) is 1.66. The standard InChI is InChI=1S/C28H30ClF3N2O4/c1-37-20-2-3-25-22(15-20)27(23(29)17-33-25)24(32)4-5-28(16-26(35)36)6-8-34(9-7-28)10-11-38-21-13-18(30)12-19(31)14-21/h2-3,12-15,17,24H,4-11,16H2,1H3,(H,35,36). The van der Waals surface area contributed by atoms with Crippen LogP contribution in [0.3, 0.4) is 0 Å². The Kier molecular flexibility index (Phi) is 8.99. The van der Waals surface area contributed by atoms with E-state index >= 15 is 4.39 Å². The molecule has 1 fully saturated rings. The van der Waals surface area contributed by atoms with Crippen molar-refractivity contribution in [1.29, 1.82) is 0 Å². The van der Waals surface area contributed by atoms with Gasteiger partial charge in [-0.3, -0.25) is 14.7 Å². The maximum atomic E-state index is 15.7. The normalized spacial score (nSPS) is 16.3. The quantitative estimate of drug-likeness (QED) is 0.290. The molecule has 4 rings (SSSR count). The summed E-state index contributed by atoms with van der Waals surface area (Å²) < 4.78 is 53.2. The molecule has 1 aromatic heterocycles. The Morgan fingerprint density at radius 1 is 1.16 bits per heavy atom. The average Bonchev–Trinajstić information content (AvgIpc) is 2.87. The van der Waals surface area contributed by atoms with Gasteiger partial charge in [-0.15, -0.1) is 0 Å². The molecule has 3 aromatic rings. The minimum Gasteiger partial charge on any atom is -0.497 e. The molecule has 1 unspecified atom stereocenters. The molecule has 204 valence electrons. The van der Waals surface area contributed by atoms with Crippen LogP contribution in [0, 0.1) is 17.0 Å². The van der Waals surface area contributed by atoms with Crippen molar-refractivity contribution in [2.75, 3.05) is 33.4 Å². The van der Waals surface area contributed by atoms with Crippen LogP contribution in [0.2, 0.25) is 5.02 Å². The maximum Gasteiger partial charge on any atom is 0.303 e. The van der Waals surface area contributed by atoms with Gasteiger partial charge in [0.25, 0.3) is 0 Å². The fourth-order valence-corrected chi connectivity index (χ4v) is 5.45. The number of nitrogens with zero attached hydrogens (tertiary/aromatic N) is 2. The number of alkyl halides is 1. The molecule has 2 aromatic carbocycles. The van der Waals surface area contributed by atoms with Crippen molar-refractivity contribution in [3.05, 3.63) is 64.8 Å². The van der Waals surface area contributed by atoms with Crippen molar-refractivity contribution in [3.63, 3.8) is 0 Å². The summed E-state index contributed by atoms with van der Waals surface area (Å²) in [6.45, 7) is 1.98. The molecule has 1 atom stereocenters. The number of rotatable bonds is 11. The molecule has 2 heterocycles. The predicted octanol–water partition coefficient (Wildman–Crippen LogP) is 6.60. The highest BCUT2D eigenvalue weighted by atomic mass is 35.5. The van der Waals surface area contributed by atoms with Gasteiger partial charge in [0.1, 0.15) is 35.9 Å². The lowest BCUT2D eigenvalue weighted by Gasteiger charge is -2.41. The van der Waals surface area contributed by atoms with Crippen molar-refractivity contribution in [2.24, 2.45) is 5.41 Å². The van der Waals surface area contributed by atoms with Gasteiger partial charge in [0.05, 0.1) is 24.1 Å². The SMILES string of the molecule is COc1ccc2ncc(Cl)c(C(F)CCC3(CC(=O)O)CCN(CCOc4cc(F)cc(F)c4)CC3)c2c1. The fourth-order valence-electron chi connectivity index (χ4n) is 5.18. The summed E-state index contributed by atoms with van der Waals surface area (Å²) in [5.41, 5.74) is 0.390. The second kappa shape index (κ2) is 12.2. The molecule has 0 spiro atoms. The van der Waals surface area contributed by atoms with E-state index in [1.807, 2.05) is 0 Å². The van der Waals surface area contributed by atoms with Gasteiger partial charge in [-0.05, 0) is 62.4 Å². The molecule has 1 N–H and O–H groups in total. The number of aromatic nitrogens is 1. The molecule has 0 aliphatic carbocycles. The van der Waals surface area contributed by atoms with E-state index in [0.717, 1.165) is 18.2 Å². The number of ether oxygens (including phenoxy) is 2. The number of benzene rings is 2. The molecule has 1 aliphatic heterocycles. The average molecular weight is 551 g/mol. The number of hydrogen-bond donors (Lipinski definition) is 1. The number of methoxy groups -OCH3 is 1. The van der Waals surface area contributed by atoms with E-state index in [1.54, 1.807) is 18.2 Å². The summed E-state index contributed by atoms with van der Waals surface area (Å²) in [7, 11) is 1.53. The highest BCUT2D eigenvalue weighted by Gasteiger charge is 2.37. The van der Waals surface area contributed by atoms with E-state index in [9.17, 15) is 18.7 Å². The Bertz CT molecular complexity index is 1260. The van der Waals surface area contributed by atoms with Crippen molar-refractivity contribution in [3.8, 4) is 11.5 Å². The molecule has 0 amide bonds. The van der Waals surface area contributed by atoms with Crippen LogP contribution in [0.4, 0.5) is 13.2 Å². The van der Waals surface area contributed by atoms with E-state index in [0.29, 0.717) is 61.1 Å². The van der Waals surface area contributed by atoms with E-state index in [1.165, 1.54) is 13.3 Å². The van der Waals surface area contributed by atoms with Gasteiger partial charge >= 0.3 is 5.97 Å². The molecule has 6 nitrogen and oxygen atoms in total. The third-order valence-corrected chi connectivity index (χ3v) is 7.57. The fraction of sp³-hybridized carbons (Fsp3) is 0.429. The first-order chi connectivity index (χ1) is 18.2. The van der Waals surface area contributed by atoms with E-state index in [4.69, 9.17) is 21.1 Å². The number of halogens is 4. The van der Waals surface area contributed by atoms with Gasteiger partial charge in [-0.25, -0.2) is 13.2 Å². The predicted molar refractivity (Wildman–Crippen MR) is 139 cm³/mol. The molecule has 1 aliphatic rings. The number of carboxylic acid groups (broad SMARTS) is 1. The molecule has 0 radical (unpaired) electrons. The largest absolute Gasteiger partial charge is 0.497 e. The summed E-state index contributed by atoms with van der Waals surface area (Å²) in [5, 5.41) is 10.4. The monoisotopic (exact) mass is 550 g/mol. The number of piperidine rings is 1. The summed E-state index contributed by atoms with van der Waals surface area (Å²) in [6, 6.07) is 8.23. The number of fused-ring (bicyclic) bond motifs is 1. The zero-order chi connectivity index (χ0) is 27.3. The molecule has 1 saturated heterocycles.